The van der Waals surface area contributed by atoms with Crippen LogP contribution in [0.4, 0.5) is 18.3 Å². The summed E-state index contributed by atoms with van der Waals surface area (Å²) in [5, 5.41) is 9.80. The third kappa shape index (κ3) is 3.82. The molecule has 0 aliphatic carbocycles. The summed E-state index contributed by atoms with van der Waals surface area (Å²) in [6.07, 6.45) is -2.20. The summed E-state index contributed by atoms with van der Waals surface area (Å²) in [4.78, 5) is 1.92. The molecule has 1 aliphatic rings. The van der Waals surface area contributed by atoms with Crippen molar-refractivity contribution in [3.8, 4) is 0 Å². The molecule has 0 radical (unpaired) electrons. The Labute approximate surface area is 120 Å². The van der Waals surface area contributed by atoms with Crippen LogP contribution in [-0.4, -0.2) is 35.9 Å². The molecule has 0 bridgehead atoms. The van der Waals surface area contributed by atoms with Crippen LogP contribution in [0.5, 0.6) is 0 Å². The molecule has 1 saturated heterocycles. The fourth-order valence-corrected chi connectivity index (χ4v) is 3.17. The fourth-order valence-electron chi connectivity index (χ4n) is 2.31. The molecule has 1 aromatic heterocycles. The topological polar surface area (TPSA) is 41.0 Å². The van der Waals surface area contributed by atoms with E-state index in [0.717, 1.165) is 32.5 Å². The summed E-state index contributed by atoms with van der Waals surface area (Å²) >= 11 is 0.623. The average Bonchev–Trinajstić information content (AvgIpc) is 2.86. The van der Waals surface area contributed by atoms with Crippen LogP contribution in [0.3, 0.4) is 0 Å². The summed E-state index contributed by atoms with van der Waals surface area (Å²) in [6, 6.07) is 0.103. The van der Waals surface area contributed by atoms with Gasteiger partial charge in [-0.2, -0.15) is 13.2 Å². The molecule has 1 aromatic rings. The van der Waals surface area contributed by atoms with Crippen LogP contribution in [0, 0.1) is 5.92 Å². The molecule has 8 heteroatoms. The minimum absolute atomic E-state index is 0.103. The molecule has 0 saturated carbocycles. The van der Waals surface area contributed by atoms with E-state index >= 15 is 0 Å². The van der Waals surface area contributed by atoms with Crippen LogP contribution >= 0.6 is 11.3 Å². The van der Waals surface area contributed by atoms with Gasteiger partial charge < -0.3 is 10.2 Å². The molecule has 20 heavy (non-hydrogen) atoms. The second kappa shape index (κ2) is 6.26. The monoisotopic (exact) mass is 308 g/mol. The third-order valence-electron chi connectivity index (χ3n) is 3.38. The van der Waals surface area contributed by atoms with Crippen LogP contribution in [0.2, 0.25) is 0 Å². The van der Waals surface area contributed by atoms with E-state index in [1.165, 1.54) is 0 Å². The molecule has 114 valence electrons. The zero-order chi connectivity index (χ0) is 14.8. The Bertz CT molecular complexity index is 427. The average molecular weight is 308 g/mol. The van der Waals surface area contributed by atoms with Crippen molar-refractivity contribution in [2.24, 2.45) is 5.92 Å². The molecule has 0 amide bonds. The molecule has 1 aliphatic heterocycles. The highest BCUT2D eigenvalue weighted by Gasteiger charge is 2.36. The largest absolute Gasteiger partial charge is 0.445 e. The van der Waals surface area contributed by atoms with Crippen LogP contribution in [0.15, 0.2) is 0 Å². The number of halogens is 3. The number of anilines is 1. The highest BCUT2D eigenvalue weighted by molar-refractivity contribution is 7.15. The lowest BCUT2D eigenvalue weighted by molar-refractivity contribution is -0.138. The van der Waals surface area contributed by atoms with Crippen molar-refractivity contribution in [3.63, 3.8) is 0 Å². The van der Waals surface area contributed by atoms with Gasteiger partial charge >= 0.3 is 6.18 Å². The van der Waals surface area contributed by atoms with Gasteiger partial charge in [0.05, 0.1) is 0 Å². The van der Waals surface area contributed by atoms with Crippen LogP contribution < -0.4 is 10.2 Å². The second-order valence-electron chi connectivity index (χ2n) is 5.35. The van der Waals surface area contributed by atoms with Gasteiger partial charge in [0.2, 0.25) is 10.1 Å². The Kier molecular flexibility index (Phi) is 4.85. The Morgan fingerprint density at radius 2 is 2.15 bits per heavy atom. The second-order valence-corrected chi connectivity index (χ2v) is 6.30. The molecule has 1 unspecified atom stereocenters. The first-order valence-electron chi connectivity index (χ1n) is 6.76. The fraction of sp³-hybridized carbons (Fsp3) is 0.833. The maximum absolute atomic E-state index is 12.6. The van der Waals surface area contributed by atoms with Crippen molar-refractivity contribution in [2.75, 3.05) is 24.5 Å². The molecule has 1 fully saturated rings. The maximum Gasteiger partial charge on any atom is 0.445 e. The Morgan fingerprint density at radius 1 is 1.40 bits per heavy atom. The SMILES string of the molecule is CC(C)N(CC1CCCNC1)c1nnc(C(F)(F)F)s1. The number of rotatable bonds is 4. The Hall–Kier alpha value is -0.890. The minimum atomic E-state index is -4.41. The molecule has 4 nitrogen and oxygen atoms in total. The van der Waals surface area contributed by atoms with Gasteiger partial charge in [-0.25, -0.2) is 0 Å². The summed E-state index contributed by atoms with van der Waals surface area (Å²) in [5.74, 6) is 0.449. The van der Waals surface area contributed by atoms with E-state index in [9.17, 15) is 13.2 Å². The van der Waals surface area contributed by atoms with Gasteiger partial charge in [-0.15, -0.1) is 10.2 Å². The minimum Gasteiger partial charge on any atom is -0.344 e. The van der Waals surface area contributed by atoms with Crippen molar-refractivity contribution >= 4 is 16.5 Å². The number of aromatic nitrogens is 2. The molecule has 2 heterocycles. The van der Waals surface area contributed by atoms with Gasteiger partial charge in [0.25, 0.3) is 0 Å². The number of piperidine rings is 1. The summed E-state index contributed by atoms with van der Waals surface area (Å²) in [7, 11) is 0. The zero-order valence-electron chi connectivity index (χ0n) is 11.6. The van der Waals surface area contributed by atoms with Crippen LogP contribution in [0.1, 0.15) is 31.7 Å². The standard InChI is InChI=1S/C12H19F3N4S/c1-8(2)19(7-9-4-3-5-16-6-9)11-18-17-10(20-11)12(13,14)15/h8-9,16H,3-7H2,1-2H3. The van der Waals surface area contributed by atoms with E-state index in [4.69, 9.17) is 0 Å². The van der Waals surface area contributed by atoms with E-state index in [-0.39, 0.29) is 6.04 Å². The number of nitrogens with zero attached hydrogens (tertiary/aromatic N) is 3. The van der Waals surface area contributed by atoms with Crippen LogP contribution in [-0.2, 0) is 6.18 Å². The van der Waals surface area contributed by atoms with Gasteiger partial charge in [0, 0.05) is 12.6 Å². The molecule has 2 rings (SSSR count). The molecular weight excluding hydrogens is 289 g/mol. The maximum atomic E-state index is 12.6. The normalized spacial score (nSPS) is 20.4. The zero-order valence-corrected chi connectivity index (χ0v) is 12.4. The first kappa shape index (κ1) is 15.5. The molecule has 0 aromatic carbocycles. The number of nitrogens with one attached hydrogen (secondary N) is 1. The summed E-state index contributed by atoms with van der Waals surface area (Å²) in [5.41, 5.74) is 0. The third-order valence-corrected chi connectivity index (χ3v) is 4.38. The predicted octanol–water partition coefficient (Wildman–Crippen LogP) is 2.77. The highest BCUT2D eigenvalue weighted by Crippen LogP contribution is 2.35. The molecule has 1 atom stereocenters. The van der Waals surface area contributed by atoms with Crippen molar-refractivity contribution in [2.45, 2.75) is 38.9 Å². The van der Waals surface area contributed by atoms with E-state index in [2.05, 4.69) is 15.5 Å². The quantitative estimate of drug-likeness (QED) is 0.928. The first-order valence-corrected chi connectivity index (χ1v) is 7.57. The predicted molar refractivity (Wildman–Crippen MR) is 73.0 cm³/mol. The van der Waals surface area contributed by atoms with Crippen molar-refractivity contribution in [1.82, 2.24) is 15.5 Å². The van der Waals surface area contributed by atoms with E-state index in [1.54, 1.807) is 0 Å². The molecular formula is C12H19F3N4S. The number of hydrogen-bond donors (Lipinski definition) is 1. The summed E-state index contributed by atoms with van der Waals surface area (Å²) < 4.78 is 37.8. The Morgan fingerprint density at radius 3 is 2.65 bits per heavy atom. The lowest BCUT2D eigenvalue weighted by Crippen LogP contribution is -2.41. The van der Waals surface area contributed by atoms with Gasteiger partial charge in [-0.05, 0) is 45.7 Å². The molecule has 0 spiro atoms. The van der Waals surface area contributed by atoms with Gasteiger partial charge in [0.1, 0.15) is 0 Å². The molecule has 1 N–H and O–H groups in total. The van der Waals surface area contributed by atoms with Crippen molar-refractivity contribution < 1.29 is 13.2 Å². The summed E-state index contributed by atoms with van der Waals surface area (Å²) in [6.45, 7) is 6.58. The first-order chi connectivity index (χ1) is 9.38. The van der Waals surface area contributed by atoms with E-state index in [1.807, 2.05) is 18.7 Å². The number of hydrogen-bond acceptors (Lipinski definition) is 5. The van der Waals surface area contributed by atoms with Crippen molar-refractivity contribution in [3.05, 3.63) is 5.01 Å². The lowest BCUT2D eigenvalue weighted by atomic mass is 9.99. The van der Waals surface area contributed by atoms with Gasteiger partial charge in [-0.1, -0.05) is 11.3 Å². The van der Waals surface area contributed by atoms with Crippen molar-refractivity contribution in [1.29, 1.82) is 0 Å². The van der Waals surface area contributed by atoms with Crippen LogP contribution in [0.25, 0.3) is 0 Å². The van der Waals surface area contributed by atoms with E-state index in [0.29, 0.717) is 22.4 Å². The smallest absolute Gasteiger partial charge is 0.344 e. The number of alkyl halides is 3. The van der Waals surface area contributed by atoms with E-state index < -0.39 is 11.2 Å². The van der Waals surface area contributed by atoms with Gasteiger partial charge in [-0.3, -0.25) is 0 Å². The van der Waals surface area contributed by atoms with Gasteiger partial charge in [0.15, 0.2) is 0 Å². The Balaban J connectivity index is 2.09. The lowest BCUT2D eigenvalue weighted by Gasteiger charge is -2.32. The highest BCUT2D eigenvalue weighted by atomic mass is 32.1.